The highest BCUT2D eigenvalue weighted by Crippen LogP contribution is 2.36. The Morgan fingerprint density at radius 3 is 2.10 bits per heavy atom. The summed E-state index contributed by atoms with van der Waals surface area (Å²) in [6, 6.07) is 7.43. The lowest BCUT2D eigenvalue weighted by Gasteiger charge is -2.36. The van der Waals surface area contributed by atoms with Gasteiger partial charge in [-0.15, -0.1) is 0 Å². The van der Waals surface area contributed by atoms with Gasteiger partial charge in [0.05, 0.1) is 6.26 Å². The summed E-state index contributed by atoms with van der Waals surface area (Å²) >= 11 is 0. The summed E-state index contributed by atoms with van der Waals surface area (Å²) in [7, 11) is -4.90. The smallest absolute Gasteiger partial charge is 0.229 e. The van der Waals surface area contributed by atoms with Crippen LogP contribution in [-0.4, -0.2) is 29.6 Å². The number of rotatable bonds is 6. The Hall–Kier alpha value is -0.853. The Kier molecular flexibility index (Phi) is 5.63. The average molecular weight is 330 g/mol. The summed E-state index contributed by atoms with van der Waals surface area (Å²) in [4.78, 5) is 0. The van der Waals surface area contributed by atoms with Crippen LogP contribution in [-0.2, 0) is 20.9 Å². The number of anilines is 1. The van der Waals surface area contributed by atoms with E-state index in [4.69, 9.17) is 4.43 Å². The maximum atomic E-state index is 11.1. The lowest BCUT2D eigenvalue weighted by molar-refractivity contribution is 0.292. The number of hydrogen-bond acceptors (Lipinski definition) is 3. The van der Waals surface area contributed by atoms with Gasteiger partial charge in [0.25, 0.3) is 0 Å². The van der Waals surface area contributed by atoms with E-state index < -0.39 is 18.3 Å². The maximum absolute atomic E-state index is 11.1. The van der Waals surface area contributed by atoms with Crippen LogP contribution in [0.3, 0.4) is 0 Å². The van der Waals surface area contributed by atoms with Gasteiger partial charge in [0, 0.05) is 12.3 Å². The molecule has 1 aromatic carbocycles. The molecule has 0 aliphatic rings. The van der Waals surface area contributed by atoms with Crippen LogP contribution < -0.4 is 4.72 Å². The number of sulfonamides is 1. The molecule has 0 bridgehead atoms. The molecule has 0 unspecified atom stereocenters. The van der Waals surface area contributed by atoms with Crippen LogP contribution in [0, 0.1) is 0 Å². The van der Waals surface area contributed by atoms with Crippen molar-refractivity contribution in [2.24, 2.45) is 0 Å². The SMILES string of the molecule is CC(C)(C)[Si](C)(C)OCCc1ccc(NS(C)(=O)=O)cc1. The van der Waals surface area contributed by atoms with Gasteiger partial charge in [-0.25, -0.2) is 8.42 Å². The Morgan fingerprint density at radius 2 is 1.67 bits per heavy atom. The lowest BCUT2D eigenvalue weighted by Crippen LogP contribution is -2.41. The molecule has 1 rings (SSSR count). The molecule has 6 heteroatoms. The van der Waals surface area contributed by atoms with Crippen molar-refractivity contribution < 1.29 is 12.8 Å². The summed E-state index contributed by atoms with van der Waals surface area (Å²) in [5.74, 6) is 0. The van der Waals surface area contributed by atoms with Crippen LogP contribution in [0.15, 0.2) is 24.3 Å². The third-order valence-corrected chi connectivity index (χ3v) is 9.06. The van der Waals surface area contributed by atoms with Crippen molar-refractivity contribution >= 4 is 24.0 Å². The molecule has 1 aromatic rings. The molecule has 120 valence electrons. The summed E-state index contributed by atoms with van der Waals surface area (Å²) in [5, 5.41) is 0.219. The standard InChI is InChI=1S/C15H27NO3SSi/c1-15(2,3)21(5,6)19-12-11-13-7-9-14(10-8-13)16-20(4,17)18/h7-10,16H,11-12H2,1-6H3. The summed E-state index contributed by atoms with van der Waals surface area (Å²) in [5.41, 5.74) is 1.74. The van der Waals surface area contributed by atoms with Crippen molar-refractivity contribution in [1.82, 2.24) is 0 Å². The molecule has 1 N–H and O–H groups in total. The fourth-order valence-corrected chi connectivity index (χ4v) is 3.20. The average Bonchev–Trinajstić information content (AvgIpc) is 2.27. The largest absolute Gasteiger partial charge is 0.416 e. The first-order valence-corrected chi connectivity index (χ1v) is 11.9. The van der Waals surface area contributed by atoms with E-state index in [1.165, 1.54) is 0 Å². The summed E-state index contributed by atoms with van der Waals surface area (Å²) in [6.07, 6.45) is 1.99. The van der Waals surface area contributed by atoms with Crippen molar-refractivity contribution in [1.29, 1.82) is 0 Å². The van der Waals surface area contributed by atoms with Crippen molar-refractivity contribution in [2.45, 2.75) is 45.3 Å². The number of benzene rings is 1. The van der Waals surface area contributed by atoms with E-state index in [1.54, 1.807) is 12.1 Å². The summed E-state index contributed by atoms with van der Waals surface area (Å²) in [6.45, 7) is 11.9. The Labute approximate surface area is 130 Å². The third-order valence-electron chi connectivity index (χ3n) is 3.92. The fourth-order valence-electron chi connectivity index (χ4n) is 1.59. The molecule has 4 nitrogen and oxygen atoms in total. The molecule has 0 radical (unpaired) electrons. The van der Waals surface area contributed by atoms with Gasteiger partial charge >= 0.3 is 0 Å². The topological polar surface area (TPSA) is 55.4 Å². The molecule has 0 amide bonds. The zero-order chi connectivity index (χ0) is 16.3. The van der Waals surface area contributed by atoms with E-state index in [1.807, 2.05) is 12.1 Å². The van der Waals surface area contributed by atoms with E-state index in [9.17, 15) is 8.42 Å². The molecule has 0 atom stereocenters. The van der Waals surface area contributed by atoms with Crippen LogP contribution in [0.2, 0.25) is 18.1 Å². The second-order valence-electron chi connectivity index (χ2n) is 6.93. The monoisotopic (exact) mass is 329 g/mol. The van der Waals surface area contributed by atoms with Crippen molar-refractivity contribution in [2.75, 3.05) is 17.6 Å². The van der Waals surface area contributed by atoms with Crippen molar-refractivity contribution in [3.63, 3.8) is 0 Å². The molecule has 0 fully saturated rings. The van der Waals surface area contributed by atoms with Gasteiger partial charge in [0.15, 0.2) is 8.32 Å². The minimum Gasteiger partial charge on any atom is -0.416 e. The van der Waals surface area contributed by atoms with Crippen LogP contribution in [0.1, 0.15) is 26.3 Å². The quantitative estimate of drug-likeness (QED) is 0.811. The lowest BCUT2D eigenvalue weighted by atomic mass is 10.1. The first kappa shape index (κ1) is 18.2. The van der Waals surface area contributed by atoms with Crippen molar-refractivity contribution in [3.8, 4) is 0 Å². The van der Waals surface area contributed by atoms with Crippen LogP contribution in [0.5, 0.6) is 0 Å². The third kappa shape index (κ3) is 6.19. The molecule has 21 heavy (non-hydrogen) atoms. The van der Waals surface area contributed by atoms with E-state index >= 15 is 0 Å². The molecule has 0 saturated heterocycles. The van der Waals surface area contributed by atoms with E-state index in [2.05, 4.69) is 38.6 Å². The summed E-state index contributed by atoms with van der Waals surface area (Å²) < 4.78 is 30.9. The van der Waals surface area contributed by atoms with Crippen molar-refractivity contribution in [3.05, 3.63) is 29.8 Å². The van der Waals surface area contributed by atoms with Crippen LogP contribution in [0.25, 0.3) is 0 Å². The van der Waals surface area contributed by atoms with Crippen LogP contribution >= 0.6 is 0 Å². The minimum atomic E-state index is -3.21. The maximum Gasteiger partial charge on any atom is 0.229 e. The van der Waals surface area contributed by atoms with E-state index in [0.717, 1.165) is 18.2 Å². The van der Waals surface area contributed by atoms with Gasteiger partial charge in [-0.3, -0.25) is 4.72 Å². The highest BCUT2D eigenvalue weighted by atomic mass is 32.2. The highest BCUT2D eigenvalue weighted by Gasteiger charge is 2.36. The molecule has 0 aromatic heterocycles. The Balaban J connectivity index is 2.54. The van der Waals surface area contributed by atoms with Gasteiger partial charge in [-0.05, 0) is 42.2 Å². The molecular weight excluding hydrogens is 302 g/mol. The number of nitrogens with one attached hydrogen (secondary N) is 1. The van der Waals surface area contributed by atoms with Gasteiger partial charge < -0.3 is 4.43 Å². The zero-order valence-corrected chi connectivity index (χ0v) is 15.7. The highest BCUT2D eigenvalue weighted by molar-refractivity contribution is 7.92. The predicted octanol–water partition coefficient (Wildman–Crippen LogP) is 3.62. The minimum absolute atomic E-state index is 0.219. The molecule has 0 spiro atoms. The predicted molar refractivity (Wildman–Crippen MR) is 91.8 cm³/mol. The normalized spacial score (nSPS) is 13.2. The Morgan fingerprint density at radius 1 is 1.14 bits per heavy atom. The van der Waals surface area contributed by atoms with E-state index in [0.29, 0.717) is 12.3 Å². The molecule has 0 aliphatic carbocycles. The zero-order valence-electron chi connectivity index (χ0n) is 13.9. The Bertz CT molecular complexity index is 560. The van der Waals surface area contributed by atoms with E-state index in [-0.39, 0.29) is 5.04 Å². The van der Waals surface area contributed by atoms with Crippen LogP contribution in [0.4, 0.5) is 5.69 Å². The van der Waals surface area contributed by atoms with Gasteiger partial charge in [-0.1, -0.05) is 32.9 Å². The molecule has 0 heterocycles. The van der Waals surface area contributed by atoms with Gasteiger partial charge in [0.1, 0.15) is 0 Å². The van der Waals surface area contributed by atoms with Gasteiger partial charge in [-0.2, -0.15) is 0 Å². The fraction of sp³-hybridized carbons (Fsp3) is 0.600. The first-order chi connectivity index (χ1) is 9.41. The second-order valence-corrected chi connectivity index (χ2v) is 13.5. The molecule has 0 saturated carbocycles. The number of hydrogen-bond donors (Lipinski definition) is 1. The first-order valence-electron chi connectivity index (χ1n) is 7.11. The molecule has 0 aliphatic heterocycles. The second kappa shape index (κ2) is 6.50. The van der Waals surface area contributed by atoms with Gasteiger partial charge in [0.2, 0.25) is 10.0 Å². The molecular formula is C15H27NO3SSi.